The summed E-state index contributed by atoms with van der Waals surface area (Å²) in [5.74, 6) is -0.0345. The van der Waals surface area contributed by atoms with Gasteiger partial charge in [-0.1, -0.05) is 13.8 Å². The van der Waals surface area contributed by atoms with Crippen molar-refractivity contribution >= 4 is 22.7 Å². The second-order valence-corrected chi connectivity index (χ2v) is 7.67. The Morgan fingerprint density at radius 2 is 2.23 bits per heavy atom. The number of halogens is 1. The van der Waals surface area contributed by atoms with E-state index in [1.165, 1.54) is 7.11 Å². The maximum absolute atomic E-state index is 14.3. The van der Waals surface area contributed by atoms with Crippen molar-refractivity contribution < 1.29 is 14.1 Å². The number of benzene rings is 1. The average molecular weight is 379 g/mol. The van der Waals surface area contributed by atoms with E-state index < -0.39 is 16.4 Å². The third-order valence-corrected chi connectivity index (χ3v) is 5.70. The minimum Gasteiger partial charge on any atom is -0.497 e. The average Bonchev–Trinajstić information content (AvgIpc) is 3.11. The molecule has 26 heavy (non-hydrogen) atoms. The first-order valence-electron chi connectivity index (χ1n) is 8.63. The number of thiazole rings is 1. The standard InChI is InChI=1S/C18H22FN3O3S/c1-11(2)15-10-26-18(20-15)12-5-4-6-21(9-12)16-8-13(25-3)7-14(19)17(16)22(23)24/h7-8,10-12H,4-6,9H2,1-3H3. The van der Waals surface area contributed by atoms with Crippen molar-refractivity contribution in [3.05, 3.63) is 44.1 Å². The normalized spacial score (nSPS) is 17.6. The summed E-state index contributed by atoms with van der Waals surface area (Å²) in [6.07, 6.45) is 1.85. The Bertz CT molecular complexity index is 809. The number of rotatable bonds is 5. The zero-order chi connectivity index (χ0) is 18.8. The van der Waals surface area contributed by atoms with Gasteiger partial charge in [0.1, 0.15) is 11.4 Å². The first kappa shape index (κ1) is 18.6. The molecule has 1 aromatic carbocycles. The van der Waals surface area contributed by atoms with Gasteiger partial charge >= 0.3 is 5.69 Å². The first-order chi connectivity index (χ1) is 12.4. The number of ether oxygens (including phenoxy) is 1. The van der Waals surface area contributed by atoms with Gasteiger partial charge in [0.15, 0.2) is 0 Å². The van der Waals surface area contributed by atoms with Crippen LogP contribution >= 0.6 is 11.3 Å². The van der Waals surface area contributed by atoms with Crippen LogP contribution in [0.15, 0.2) is 17.5 Å². The van der Waals surface area contributed by atoms with Crippen molar-refractivity contribution in [1.29, 1.82) is 0 Å². The molecular formula is C18H22FN3O3S. The van der Waals surface area contributed by atoms with E-state index in [1.807, 2.05) is 4.90 Å². The molecule has 0 radical (unpaired) electrons. The van der Waals surface area contributed by atoms with Gasteiger partial charge in [0.25, 0.3) is 0 Å². The maximum atomic E-state index is 14.3. The first-order valence-corrected chi connectivity index (χ1v) is 9.50. The number of nitrogens with zero attached hydrogens (tertiary/aromatic N) is 3. The highest BCUT2D eigenvalue weighted by atomic mass is 32.1. The quantitative estimate of drug-likeness (QED) is 0.556. The smallest absolute Gasteiger partial charge is 0.328 e. The predicted molar refractivity (Wildman–Crippen MR) is 100.0 cm³/mol. The van der Waals surface area contributed by atoms with Crippen LogP contribution in [0.25, 0.3) is 0 Å². The van der Waals surface area contributed by atoms with Gasteiger partial charge in [-0.15, -0.1) is 11.3 Å². The molecule has 1 aromatic heterocycles. The number of methoxy groups -OCH3 is 1. The summed E-state index contributed by atoms with van der Waals surface area (Å²) >= 11 is 1.63. The van der Waals surface area contributed by atoms with Gasteiger partial charge in [-0.05, 0) is 18.8 Å². The highest BCUT2D eigenvalue weighted by Gasteiger charge is 2.31. The third-order valence-electron chi connectivity index (χ3n) is 4.68. The fourth-order valence-corrected chi connectivity index (χ4v) is 4.36. The lowest BCUT2D eigenvalue weighted by atomic mass is 9.97. The molecule has 0 amide bonds. The molecule has 140 valence electrons. The van der Waals surface area contributed by atoms with Crippen molar-refractivity contribution in [2.24, 2.45) is 0 Å². The van der Waals surface area contributed by atoms with Crippen LogP contribution in [-0.2, 0) is 0 Å². The van der Waals surface area contributed by atoms with Gasteiger partial charge < -0.3 is 9.64 Å². The van der Waals surface area contributed by atoms with Gasteiger partial charge in [0.2, 0.25) is 5.82 Å². The molecule has 0 N–H and O–H groups in total. The Morgan fingerprint density at radius 1 is 1.46 bits per heavy atom. The van der Waals surface area contributed by atoms with Crippen molar-refractivity contribution in [3.63, 3.8) is 0 Å². The SMILES string of the molecule is COc1cc(F)c([N+](=O)[O-])c(N2CCCC(c3nc(C(C)C)cs3)C2)c1. The molecule has 3 rings (SSSR count). The Hall–Kier alpha value is -2.22. The second-order valence-electron chi connectivity index (χ2n) is 6.78. The van der Waals surface area contributed by atoms with E-state index >= 15 is 0 Å². The Morgan fingerprint density at radius 3 is 2.85 bits per heavy atom. The highest BCUT2D eigenvalue weighted by Crippen LogP contribution is 2.39. The summed E-state index contributed by atoms with van der Waals surface area (Å²) in [5, 5.41) is 14.5. The topological polar surface area (TPSA) is 68.5 Å². The zero-order valence-corrected chi connectivity index (χ0v) is 15.9. The van der Waals surface area contributed by atoms with Crippen molar-refractivity contribution in [3.8, 4) is 5.75 Å². The molecule has 1 unspecified atom stereocenters. The van der Waals surface area contributed by atoms with Crippen molar-refractivity contribution in [2.75, 3.05) is 25.1 Å². The van der Waals surface area contributed by atoms with Crippen LogP contribution in [0.2, 0.25) is 0 Å². The number of piperidine rings is 1. The van der Waals surface area contributed by atoms with E-state index in [0.29, 0.717) is 19.0 Å². The molecule has 1 aliphatic rings. The lowest BCUT2D eigenvalue weighted by molar-refractivity contribution is -0.386. The summed E-state index contributed by atoms with van der Waals surface area (Å²) in [6.45, 7) is 5.44. The Labute approximate surface area is 155 Å². The lowest BCUT2D eigenvalue weighted by Gasteiger charge is -2.33. The molecule has 1 atom stereocenters. The van der Waals surface area contributed by atoms with Crippen LogP contribution in [0.5, 0.6) is 5.75 Å². The van der Waals surface area contributed by atoms with Gasteiger partial charge in [-0.3, -0.25) is 10.1 Å². The highest BCUT2D eigenvalue weighted by molar-refractivity contribution is 7.09. The summed E-state index contributed by atoms with van der Waals surface area (Å²) in [6, 6.07) is 2.60. The molecular weight excluding hydrogens is 357 g/mol. The van der Waals surface area contributed by atoms with Gasteiger partial charge in [0, 0.05) is 36.5 Å². The van der Waals surface area contributed by atoms with E-state index in [-0.39, 0.29) is 17.4 Å². The van der Waals surface area contributed by atoms with E-state index in [9.17, 15) is 14.5 Å². The second kappa shape index (κ2) is 7.57. The van der Waals surface area contributed by atoms with Gasteiger partial charge in [-0.2, -0.15) is 4.39 Å². The molecule has 8 heteroatoms. The van der Waals surface area contributed by atoms with E-state index in [4.69, 9.17) is 9.72 Å². The molecule has 0 spiro atoms. The number of hydrogen-bond acceptors (Lipinski definition) is 6. The van der Waals surface area contributed by atoms with E-state index in [1.54, 1.807) is 17.4 Å². The van der Waals surface area contributed by atoms with Crippen LogP contribution in [0.3, 0.4) is 0 Å². The fourth-order valence-electron chi connectivity index (χ4n) is 3.25. The number of nitro groups is 1. The fraction of sp³-hybridized carbons (Fsp3) is 0.500. The van der Waals surface area contributed by atoms with E-state index in [0.717, 1.165) is 29.6 Å². The summed E-state index contributed by atoms with van der Waals surface area (Å²) in [4.78, 5) is 17.4. The van der Waals surface area contributed by atoms with Gasteiger partial charge in [-0.25, -0.2) is 4.98 Å². The largest absolute Gasteiger partial charge is 0.497 e. The van der Waals surface area contributed by atoms with Crippen molar-refractivity contribution in [2.45, 2.75) is 38.5 Å². The molecule has 1 saturated heterocycles. The number of anilines is 1. The molecule has 0 saturated carbocycles. The molecule has 2 aromatic rings. The molecule has 1 aliphatic heterocycles. The number of hydrogen-bond donors (Lipinski definition) is 0. The van der Waals surface area contributed by atoms with E-state index in [2.05, 4.69) is 19.2 Å². The summed E-state index contributed by atoms with van der Waals surface area (Å²) < 4.78 is 19.4. The van der Waals surface area contributed by atoms with Crippen LogP contribution in [0.4, 0.5) is 15.8 Å². The van der Waals surface area contributed by atoms with Crippen molar-refractivity contribution in [1.82, 2.24) is 4.98 Å². The maximum Gasteiger partial charge on any atom is 0.328 e. The lowest BCUT2D eigenvalue weighted by Crippen LogP contribution is -2.35. The summed E-state index contributed by atoms with van der Waals surface area (Å²) in [7, 11) is 1.42. The van der Waals surface area contributed by atoms with Crippen LogP contribution in [-0.4, -0.2) is 30.1 Å². The minimum atomic E-state index is -0.872. The Kier molecular flexibility index (Phi) is 5.41. The van der Waals surface area contributed by atoms with Crippen LogP contribution in [0.1, 0.15) is 49.2 Å². The molecule has 2 heterocycles. The molecule has 1 fully saturated rings. The van der Waals surface area contributed by atoms with Crippen LogP contribution in [0, 0.1) is 15.9 Å². The molecule has 6 nitrogen and oxygen atoms in total. The Balaban J connectivity index is 1.91. The zero-order valence-electron chi connectivity index (χ0n) is 15.1. The van der Waals surface area contributed by atoms with Crippen LogP contribution < -0.4 is 9.64 Å². The molecule has 0 aliphatic carbocycles. The summed E-state index contributed by atoms with van der Waals surface area (Å²) in [5.41, 5.74) is 0.853. The minimum absolute atomic E-state index is 0.190. The number of nitro benzene ring substituents is 1. The molecule has 0 bridgehead atoms. The third kappa shape index (κ3) is 3.65. The van der Waals surface area contributed by atoms with Gasteiger partial charge in [0.05, 0.1) is 22.7 Å². The predicted octanol–water partition coefficient (Wildman–Crippen LogP) is 4.71. The number of aromatic nitrogens is 1. The monoisotopic (exact) mass is 379 g/mol.